The number of ether oxygens (including phenoxy) is 1. The van der Waals surface area contributed by atoms with Crippen LogP contribution in [0.1, 0.15) is 18.4 Å². The van der Waals surface area contributed by atoms with Gasteiger partial charge in [0, 0.05) is 38.6 Å². The Morgan fingerprint density at radius 1 is 1.11 bits per heavy atom. The van der Waals surface area contributed by atoms with Crippen molar-refractivity contribution in [2.45, 2.75) is 31.5 Å². The van der Waals surface area contributed by atoms with Gasteiger partial charge >= 0.3 is 5.97 Å². The monoisotopic (exact) mass is 435 g/mol. The molecule has 3 N–H and O–H groups in total. The van der Waals surface area contributed by atoms with Gasteiger partial charge in [-0.15, -0.1) is 24.8 Å². The van der Waals surface area contributed by atoms with Crippen molar-refractivity contribution in [1.29, 1.82) is 0 Å². The van der Waals surface area contributed by atoms with Crippen molar-refractivity contribution in [3.63, 3.8) is 0 Å². The van der Waals surface area contributed by atoms with Crippen LogP contribution < -0.4 is 10.1 Å². The molecule has 2 aliphatic heterocycles. The Bertz CT molecular complexity index is 577. The number of hydrogen-bond donors (Lipinski definition) is 3. The van der Waals surface area contributed by atoms with Crippen molar-refractivity contribution in [2.24, 2.45) is 0 Å². The quantitative estimate of drug-likeness (QED) is 0.593. The summed E-state index contributed by atoms with van der Waals surface area (Å²) in [5, 5.41) is 22.6. The lowest BCUT2D eigenvalue weighted by Crippen LogP contribution is -2.55. The number of nitrogens with one attached hydrogen (secondary N) is 1. The number of aliphatic carboxylic acids is 1. The molecule has 0 radical (unpaired) electrons. The maximum absolute atomic E-state index is 10.6. The largest absolute Gasteiger partial charge is 0.482 e. The Labute approximate surface area is 178 Å². The van der Waals surface area contributed by atoms with E-state index in [9.17, 15) is 9.90 Å². The number of piperidine rings is 1. The number of piperazine rings is 1. The van der Waals surface area contributed by atoms with Gasteiger partial charge in [0.15, 0.2) is 6.61 Å². The highest BCUT2D eigenvalue weighted by atomic mass is 35.5. The maximum Gasteiger partial charge on any atom is 0.341 e. The molecule has 1 atom stereocenters. The third-order valence-electron chi connectivity index (χ3n) is 5.30. The molecule has 0 saturated carbocycles. The SMILES string of the molecule is Cl.Cl.O=C(O)COc1ccc(CC(O)N2CCN(C3CCNCC3)CC2)cc1. The van der Waals surface area contributed by atoms with Crippen LogP contribution in [0.3, 0.4) is 0 Å². The number of aliphatic hydroxyl groups excluding tert-OH is 1. The first-order valence-electron chi connectivity index (χ1n) is 9.42. The lowest BCUT2D eigenvalue weighted by molar-refractivity contribution is -0.139. The molecular formula is C19H31Cl2N3O4. The zero-order valence-electron chi connectivity index (χ0n) is 16.0. The highest BCUT2D eigenvalue weighted by Crippen LogP contribution is 2.18. The predicted octanol–water partition coefficient (Wildman–Crippen LogP) is 1.22. The number of hydrogen-bond acceptors (Lipinski definition) is 6. The van der Waals surface area contributed by atoms with Crippen molar-refractivity contribution in [3.8, 4) is 5.75 Å². The second-order valence-corrected chi connectivity index (χ2v) is 7.06. The molecule has 28 heavy (non-hydrogen) atoms. The summed E-state index contributed by atoms with van der Waals surface area (Å²) in [4.78, 5) is 15.2. The first kappa shape index (κ1) is 24.9. The molecule has 1 aromatic rings. The average Bonchev–Trinajstić information content (AvgIpc) is 2.68. The van der Waals surface area contributed by atoms with Gasteiger partial charge in [-0.05, 0) is 43.6 Å². The number of aliphatic hydroxyl groups is 1. The summed E-state index contributed by atoms with van der Waals surface area (Å²) in [5.74, 6) is -0.464. The molecule has 0 aliphatic carbocycles. The minimum Gasteiger partial charge on any atom is -0.482 e. The second-order valence-electron chi connectivity index (χ2n) is 7.06. The lowest BCUT2D eigenvalue weighted by Gasteiger charge is -2.42. The smallest absolute Gasteiger partial charge is 0.341 e. The zero-order valence-corrected chi connectivity index (χ0v) is 17.6. The Morgan fingerprint density at radius 2 is 1.71 bits per heavy atom. The van der Waals surface area contributed by atoms with E-state index in [1.165, 1.54) is 12.8 Å². The summed E-state index contributed by atoms with van der Waals surface area (Å²) in [6.07, 6.45) is 2.51. The van der Waals surface area contributed by atoms with E-state index in [-0.39, 0.29) is 31.4 Å². The number of halogens is 2. The van der Waals surface area contributed by atoms with Crippen LogP contribution in [0.25, 0.3) is 0 Å². The molecule has 7 nitrogen and oxygen atoms in total. The Hall–Kier alpha value is -1.09. The number of carbonyl (C=O) groups is 1. The van der Waals surface area contributed by atoms with Crippen molar-refractivity contribution in [2.75, 3.05) is 45.9 Å². The van der Waals surface area contributed by atoms with Gasteiger partial charge in [0.2, 0.25) is 0 Å². The Kier molecular flexibility index (Phi) is 11.1. The molecular weight excluding hydrogens is 405 g/mol. The van der Waals surface area contributed by atoms with Crippen LogP contribution in [0.2, 0.25) is 0 Å². The Balaban J connectivity index is 0.00000196. The predicted molar refractivity (Wildman–Crippen MR) is 113 cm³/mol. The fourth-order valence-corrected chi connectivity index (χ4v) is 3.78. The van der Waals surface area contributed by atoms with Crippen LogP contribution in [0.15, 0.2) is 24.3 Å². The molecule has 160 valence electrons. The average molecular weight is 436 g/mol. The zero-order chi connectivity index (χ0) is 18.4. The van der Waals surface area contributed by atoms with Gasteiger partial charge < -0.3 is 20.3 Å². The summed E-state index contributed by atoms with van der Waals surface area (Å²) in [6, 6.07) is 7.95. The summed E-state index contributed by atoms with van der Waals surface area (Å²) in [7, 11) is 0. The highest BCUT2D eigenvalue weighted by molar-refractivity contribution is 5.85. The van der Waals surface area contributed by atoms with Gasteiger partial charge in [0.1, 0.15) is 12.0 Å². The Morgan fingerprint density at radius 3 is 2.29 bits per heavy atom. The van der Waals surface area contributed by atoms with Crippen molar-refractivity contribution in [1.82, 2.24) is 15.1 Å². The number of nitrogens with zero attached hydrogens (tertiary/aromatic N) is 2. The van der Waals surface area contributed by atoms with Crippen molar-refractivity contribution in [3.05, 3.63) is 29.8 Å². The molecule has 2 fully saturated rings. The van der Waals surface area contributed by atoms with E-state index in [2.05, 4.69) is 15.1 Å². The molecule has 1 unspecified atom stereocenters. The first-order valence-corrected chi connectivity index (χ1v) is 9.42. The van der Waals surface area contributed by atoms with Crippen molar-refractivity contribution >= 4 is 30.8 Å². The molecule has 2 aliphatic rings. The molecule has 1 aromatic carbocycles. The number of carboxylic acids is 1. The summed E-state index contributed by atoms with van der Waals surface area (Å²) >= 11 is 0. The molecule has 2 saturated heterocycles. The van der Waals surface area contributed by atoms with Gasteiger partial charge in [-0.1, -0.05) is 12.1 Å². The summed E-state index contributed by atoms with van der Waals surface area (Å²) in [5.41, 5.74) is 1.01. The lowest BCUT2D eigenvalue weighted by atomic mass is 10.0. The van der Waals surface area contributed by atoms with Crippen LogP contribution in [-0.4, -0.2) is 84.1 Å². The van der Waals surface area contributed by atoms with Crippen LogP contribution in [0.5, 0.6) is 5.75 Å². The van der Waals surface area contributed by atoms with Crippen LogP contribution in [-0.2, 0) is 11.2 Å². The van der Waals surface area contributed by atoms with Crippen LogP contribution in [0, 0.1) is 0 Å². The van der Waals surface area contributed by atoms with Gasteiger partial charge in [-0.3, -0.25) is 9.80 Å². The maximum atomic E-state index is 10.6. The van der Waals surface area contributed by atoms with E-state index >= 15 is 0 Å². The van der Waals surface area contributed by atoms with Gasteiger partial charge in [-0.2, -0.15) is 0 Å². The molecule has 2 heterocycles. The molecule has 0 bridgehead atoms. The van der Waals surface area contributed by atoms with E-state index in [1.807, 2.05) is 12.1 Å². The molecule has 0 aromatic heterocycles. The third-order valence-corrected chi connectivity index (χ3v) is 5.30. The highest BCUT2D eigenvalue weighted by Gasteiger charge is 2.27. The van der Waals surface area contributed by atoms with Gasteiger partial charge in [-0.25, -0.2) is 4.79 Å². The minimum atomic E-state index is -0.992. The fourth-order valence-electron chi connectivity index (χ4n) is 3.78. The first-order chi connectivity index (χ1) is 12.6. The van der Waals surface area contributed by atoms with Gasteiger partial charge in [0.05, 0.1) is 0 Å². The molecule has 0 spiro atoms. The molecule has 9 heteroatoms. The number of carboxylic acid groups (broad SMARTS) is 1. The van der Waals surface area contributed by atoms with Crippen molar-refractivity contribution < 1.29 is 19.7 Å². The minimum absolute atomic E-state index is 0. The standard InChI is InChI=1S/C19H29N3O4.2ClH/c23-18(13-15-1-3-17(4-2-15)26-14-19(24)25)22-11-9-21(10-12-22)16-5-7-20-8-6-16;;/h1-4,16,18,20,23H,5-14H2,(H,24,25);2*1H. The topological polar surface area (TPSA) is 85.3 Å². The summed E-state index contributed by atoms with van der Waals surface area (Å²) in [6.45, 7) is 5.70. The molecule has 0 amide bonds. The van der Waals surface area contributed by atoms with E-state index in [1.54, 1.807) is 12.1 Å². The molecule has 3 rings (SSSR count). The summed E-state index contributed by atoms with van der Waals surface area (Å²) < 4.78 is 5.13. The third kappa shape index (κ3) is 7.39. The fraction of sp³-hybridized carbons (Fsp3) is 0.632. The van der Waals surface area contributed by atoms with E-state index in [0.717, 1.165) is 44.8 Å². The van der Waals surface area contributed by atoms with Crippen LogP contribution in [0.4, 0.5) is 0 Å². The van der Waals surface area contributed by atoms with E-state index in [4.69, 9.17) is 9.84 Å². The second kappa shape index (κ2) is 12.5. The van der Waals surface area contributed by atoms with Crippen LogP contribution >= 0.6 is 24.8 Å². The van der Waals surface area contributed by atoms with Gasteiger partial charge in [0.25, 0.3) is 0 Å². The number of rotatable bonds is 7. The van der Waals surface area contributed by atoms with E-state index < -0.39 is 12.2 Å². The van der Waals surface area contributed by atoms with E-state index in [0.29, 0.717) is 18.2 Å². The number of benzene rings is 1. The normalized spacial score (nSPS) is 19.9.